The highest BCUT2D eigenvalue weighted by Gasteiger charge is 2.09. The Kier molecular flexibility index (Phi) is 3.04. The molecule has 2 aromatic heterocycles. The number of H-pyrrole nitrogens is 2. The third-order valence-electron chi connectivity index (χ3n) is 2.78. The lowest BCUT2D eigenvalue weighted by atomic mass is 10.3. The molecule has 0 fully saturated rings. The van der Waals surface area contributed by atoms with E-state index in [0.717, 1.165) is 5.69 Å². The predicted molar refractivity (Wildman–Crippen MR) is 78.1 cm³/mol. The summed E-state index contributed by atoms with van der Waals surface area (Å²) in [5.41, 5.74) is 1.36. The van der Waals surface area contributed by atoms with E-state index in [1.807, 2.05) is 30.3 Å². The quantitative estimate of drug-likeness (QED) is 0.632. The minimum absolute atomic E-state index is 0.253. The molecule has 0 spiro atoms. The second kappa shape index (κ2) is 5.00. The number of para-hydroxylation sites is 1. The number of benzene rings is 1. The van der Waals surface area contributed by atoms with E-state index in [1.165, 1.54) is 0 Å². The minimum atomic E-state index is -0.253. The van der Waals surface area contributed by atoms with E-state index in [-0.39, 0.29) is 5.56 Å². The summed E-state index contributed by atoms with van der Waals surface area (Å²) in [5.74, 6) is 1.04. The molecule has 0 aliphatic carbocycles. The van der Waals surface area contributed by atoms with Crippen LogP contribution in [0.25, 0.3) is 11.2 Å². The molecule has 0 amide bonds. The minimum Gasteiger partial charge on any atom is -0.336 e. The van der Waals surface area contributed by atoms with Gasteiger partial charge in [-0.15, -0.1) is 6.58 Å². The molecule has 0 saturated carbocycles. The first-order chi connectivity index (χ1) is 9.76. The van der Waals surface area contributed by atoms with Crippen LogP contribution in [0.2, 0.25) is 0 Å². The molecule has 0 bridgehead atoms. The van der Waals surface area contributed by atoms with Crippen molar-refractivity contribution in [1.82, 2.24) is 19.9 Å². The van der Waals surface area contributed by atoms with Crippen LogP contribution in [0, 0.1) is 0 Å². The monoisotopic (exact) mass is 267 g/mol. The molecule has 6 nitrogen and oxygen atoms in total. The first-order valence-corrected chi connectivity index (χ1v) is 6.18. The van der Waals surface area contributed by atoms with Gasteiger partial charge in [-0.25, -0.2) is 4.98 Å². The van der Waals surface area contributed by atoms with Gasteiger partial charge >= 0.3 is 0 Å². The van der Waals surface area contributed by atoms with Crippen LogP contribution < -0.4 is 10.9 Å². The van der Waals surface area contributed by atoms with Gasteiger partial charge in [0.2, 0.25) is 5.95 Å². The molecular formula is C14H13N5O. The fourth-order valence-corrected chi connectivity index (χ4v) is 1.91. The number of aromatic nitrogens is 4. The van der Waals surface area contributed by atoms with Crippen LogP contribution >= 0.6 is 0 Å². The topological polar surface area (TPSA) is 86.5 Å². The Hall–Kier alpha value is -2.89. The summed E-state index contributed by atoms with van der Waals surface area (Å²) >= 11 is 0. The summed E-state index contributed by atoms with van der Waals surface area (Å²) in [7, 11) is 0. The maximum absolute atomic E-state index is 12.0. The third kappa shape index (κ3) is 2.31. The average Bonchev–Trinajstić information content (AvgIpc) is 2.83. The second-order valence-corrected chi connectivity index (χ2v) is 4.28. The molecule has 1 aromatic carbocycles. The highest BCUT2D eigenvalue weighted by Crippen LogP contribution is 2.12. The summed E-state index contributed by atoms with van der Waals surface area (Å²) in [4.78, 5) is 26.2. The lowest BCUT2D eigenvalue weighted by Gasteiger charge is -2.03. The van der Waals surface area contributed by atoms with Crippen LogP contribution in [0.4, 0.5) is 11.6 Å². The molecule has 0 unspecified atom stereocenters. The van der Waals surface area contributed by atoms with Crippen molar-refractivity contribution in [1.29, 1.82) is 0 Å². The Morgan fingerprint density at radius 3 is 2.75 bits per heavy atom. The van der Waals surface area contributed by atoms with Crippen LogP contribution in [-0.4, -0.2) is 19.9 Å². The van der Waals surface area contributed by atoms with Crippen LogP contribution in [0.5, 0.6) is 0 Å². The van der Waals surface area contributed by atoms with Crippen molar-refractivity contribution in [2.24, 2.45) is 0 Å². The second-order valence-electron chi connectivity index (χ2n) is 4.28. The highest BCUT2D eigenvalue weighted by atomic mass is 16.1. The van der Waals surface area contributed by atoms with Gasteiger partial charge in [0, 0.05) is 12.1 Å². The van der Waals surface area contributed by atoms with Crippen LogP contribution in [0.3, 0.4) is 0 Å². The van der Waals surface area contributed by atoms with E-state index in [9.17, 15) is 4.79 Å². The van der Waals surface area contributed by atoms with Gasteiger partial charge in [0.1, 0.15) is 5.82 Å². The number of anilines is 2. The zero-order valence-electron chi connectivity index (χ0n) is 10.7. The first kappa shape index (κ1) is 12.2. The van der Waals surface area contributed by atoms with E-state index in [0.29, 0.717) is 29.4 Å². The number of hydrogen-bond acceptors (Lipinski definition) is 4. The Balaban J connectivity index is 2.01. The lowest BCUT2D eigenvalue weighted by Crippen LogP contribution is -2.11. The number of aromatic amines is 2. The number of nitrogens with one attached hydrogen (secondary N) is 3. The number of allylic oxidation sites excluding steroid dienone is 1. The van der Waals surface area contributed by atoms with Crippen molar-refractivity contribution in [2.45, 2.75) is 6.42 Å². The Bertz CT molecular complexity index is 803. The zero-order chi connectivity index (χ0) is 13.9. The first-order valence-electron chi connectivity index (χ1n) is 6.18. The predicted octanol–water partition coefficient (Wildman–Crippen LogP) is 2.12. The number of hydrogen-bond donors (Lipinski definition) is 3. The standard InChI is InChI=1S/C14H13N5O/c1-2-6-10-16-11-12(17-10)18-14(19-13(11)20)15-9-7-4-3-5-8-9/h2-5,7-8H,1,6H2,(H3,15,16,17,18,19,20). The van der Waals surface area contributed by atoms with Gasteiger partial charge in [0.05, 0.1) is 0 Å². The van der Waals surface area contributed by atoms with Gasteiger partial charge in [0.25, 0.3) is 5.56 Å². The molecule has 3 rings (SSSR count). The number of nitrogens with zero attached hydrogens (tertiary/aromatic N) is 2. The molecule has 2 heterocycles. The van der Waals surface area contributed by atoms with Gasteiger partial charge in [-0.05, 0) is 12.1 Å². The Morgan fingerprint density at radius 2 is 2.00 bits per heavy atom. The zero-order valence-corrected chi connectivity index (χ0v) is 10.7. The lowest BCUT2D eigenvalue weighted by molar-refractivity contribution is 1.07. The van der Waals surface area contributed by atoms with Gasteiger partial charge in [-0.2, -0.15) is 4.98 Å². The van der Waals surface area contributed by atoms with Crippen molar-refractivity contribution in [3.63, 3.8) is 0 Å². The van der Waals surface area contributed by atoms with Crippen molar-refractivity contribution in [2.75, 3.05) is 5.32 Å². The summed E-state index contributed by atoms with van der Waals surface area (Å²) in [6, 6.07) is 9.49. The molecular weight excluding hydrogens is 254 g/mol. The smallest absolute Gasteiger partial charge is 0.278 e. The number of rotatable bonds is 4. The van der Waals surface area contributed by atoms with Crippen molar-refractivity contribution < 1.29 is 0 Å². The van der Waals surface area contributed by atoms with E-state index in [4.69, 9.17) is 0 Å². The van der Waals surface area contributed by atoms with Crippen LogP contribution in [0.15, 0.2) is 47.8 Å². The van der Waals surface area contributed by atoms with Crippen molar-refractivity contribution in [3.8, 4) is 0 Å². The largest absolute Gasteiger partial charge is 0.336 e. The Morgan fingerprint density at radius 1 is 1.20 bits per heavy atom. The maximum atomic E-state index is 12.0. The van der Waals surface area contributed by atoms with E-state index < -0.39 is 0 Å². The summed E-state index contributed by atoms with van der Waals surface area (Å²) in [5, 5.41) is 3.04. The maximum Gasteiger partial charge on any atom is 0.278 e. The summed E-state index contributed by atoms with van der Waals surface area (Å²) < 4.78 is 0. The van der Waals surface area contributed by atoms with Gasteiger partial charge < -0.3 is 10.3 Å². The number of fused-ring (bicyclic) bond motifs is 1. The fourth-order valence-electron chi connectivity index (χ4n) is 1.91. The van der Waals surface area contributed by atoms with Gasteiger partial charge in [-0.1, -0.05) is 24.3 Å². The molecule has 100 valence electrons. The van der Waals surface area contributed by atoms with Gasteiger partial charge in [-0.3, -0.25) is 9.78 Å². The molecule has 0 aliphatic heterocycles. The summed E-state index contributed by atoms with van der Waals surface area (Å²) in [6.07, 6.45) is 2.28. The fraction of sp³-hybridized carbons (Fsp3) is 0.0714. The highest BCUT2D eigenvalue weighted by molar-refractivity contribution is 5.71. The SMILES string of the molecule is C=CCc1nc2nc(Nc3ccccc3)[nH]c(=O)c2[nH]1. The molecule has 0 saturated heterocycles. The van der Waals surface area contributed by atoms with Gasteiger partial charge in [0.15, 0.2) is 11.2 Å². The van der Waals surface area contributed by atoms with Crippen LogP contribution in [0.1, 0.15) is 5.82 Å². The van der Waals surface area contributed by atoms with Crippen molar-refractivity contribution in [3.05, 3.63) is 59.2 Å². The Labute approximate surface area is 114 Å². The normalized spacial score (nSPS) is 10.6. The van der Waals surface area contributed by atoms with E-state index in [1.54, 1.807) is 6.08 Å². The van der Waals surface area contributed by atoms with E-state index in [2.05, 4.69) is 31.8 Å². The molecule has 0 radical (unpaired) electrons. The van der Waals surface area contributed by atoms with Crippen LogP contribution in [-0.2, 0) is 6.42 Å². The summed E-state index contributed by atoms with van der Waals surface area (Å²) in [6.45, 7) is 3.64. The molecule has 6 heteroatoms. The average molecular weight is 267 g/mol. The molecule has 3 N–H and O–H groups in total. The molecule has 3 aromatic rings. The van der Waals surface area contributed by atoms with E-state index >= 15 is 0 Å². The third-order valence-corrected chi connectivity index (χ3v) is 2.78. The number of imidazole rings is 1. The molecule has 20 heavy (non-hydrogen) atoms. The molecule has 0 aliphatic rings. The molecule has 0 atom stereocenters. The van der Waals surface area contributed by atoms with Crippen molar-refractivity contribution >= 4 is 22.8 Å².